The van der Waals surface area contributed by atoms with Gasteiger partial charge in [0.05, 0.1) is 7.11 Å². The molecule has 0 aliphatic rings. The second-order valence-electron chi connectivity index (χ2n) is 7.31. The summed E-state index contributed by atoms with van der Waals surface area (Å²) < 4.78 is 22.6. The molecule has 0 N–H and O–H groups in total. The van der Waals surface area contributed by atoms with Crippen LogP contribution in [0.4, 0.5) is 0 Å². The third-order valence-electron chi connectivity index (χ3n) is 5.05. The van der Waals surface area contributed by atoms with E-state index in [0.717, 1.165) is 6.42 Å². The lowest BCUT2D eigenvalue weighted by molar-refractivity contribution is -0.157. The fraction of sp³-hybridized carbons (Fsp3) is 0.391. The van der Waals surface area contributed by atoms with Crippen molar-refractivity contribution in [3.05, 3.63) is 63.5 Å². The Morgan fingerprint density at radius 2 is 1.88 bits per heavy atom. The zero-order valence-electron chi connectivity index (χ0n) is 18.4. The maximum atomic E-state index is 12.9. The molecule has 3 rings (SSSR count). The van der Waals surface area contributed by atoms with Crippen LogP contribution in [-0.2, 0) is 9.53 Å². The number of benzene rings is 1. The molecule has 9 nitrogen and oxygen atoms in total. The molecule has 0 unspecified atom stereocenters. The Labute approximate surface area is 184 Å². The molecule has 2 aromatic heterocycles. The molecule has 1 aromatic carbocycles. The highest BCUT2D eigenvalue weighted by Crippen LogP contribution is 2.21. The van der Waals surface area contributed by atoms with Gasteiger partial charge in [0.15, 0.2) is 11.3 Å². The summed E-state index contributed by atoms with van der Waals surface area (Å²) in [5, 5.41) is 0. The van der Waals surface area contributed by atoms with Gasteiger partial charge in [0, 0.05) is 12.3 Å². The average Bonchev–Trinajstić information content (AvgIpc) is 2.79. The summed E-state index contributed by atoms with van der Waals surface area (Å²) in [6.45, 7) is 5.16. The minimum absolute atomic E-state index is 0.0736. The number of carbonyl (C=O) groups is 1. The number of hydrogen-bond acceptors (Lipinski definition) is 8. The van der Waals surface area contributed by atoms with E-state index in [2.05, 4.69) is 4.98 Å². The number of hydrogen-bond donors (Lipinski definition) is 0. The van der Waals surface area contributed by atoms with Gasteiger partial charge in [-0.2, -0.15) is 0 Å². The highest BCUT2D eigenvalue weighted by molar-refractivity contribution is 5.78. The van der Waals surface area contributed by atoms with Crippen LogP contribution in [0.2, 0.25) is 0 Å². The fourth-order valence-electron chi connectivity index (χ4n) is 3.33. The van der Waals surface area contributed by atoms with Gasteiger partial charge in [0.25, 0.3) is 5.56 Å². The van der Waals surface area contributed by atoms with E-state index in [1.165, 1.54) is 26.3 Å². The third kappa shape index (κ3) is 4.82. The van der Waals surface area contributed by atoms with Crippen molar-refractivity contribution >= 4 is 17.1 Å². The van der Waals surface area contributed by atoms with Crippen LogP contribution in [0.3, 0.4) is 0 Å². The Bertz CT molecular complexity index is 1190. The summed E-state index contributed by atoms with van der Waals surface area (Å²) in [5.74, 6) is -0.902. The Morgan fingerprint density at radius 3 is 2.53 bits per heavy atom. The average molecular weight is 442 g/mol. The van der Waals surface area contributed by atoms with Gasteiger partial charge >= 0.3 is 11.7 Å². The number of rotatable bonds is 9. The van der Waals surface area contributed by atoms with Crippen molar-refractivity contribution in [1.82, 2.24) is 9.55 Å². The number of esters is 1. The van der Waals surface area contributed by atoms with Crippen molar-refractivity contribution in [3.63, 3.8) is 0 Å². The Morgan fingerprint density at radius 1 is 1.16 bits per heavy atom. The van der Waals surface area contributed by atoms with Crippen molar-refractivity contribution in [2.75, 3.05) is 7.11 Å². The highest BCUT2D eigenvalue weighted by Gasteiger charge is 2.29. The van der Waals surface area contributed by atoms with Crippen LogP contribution in [0.1, 0.15) is 39.7 Å². The molecule has 0 fully saturated rings. The first-order valence-corrected chi connectivity index (χ1v) is 10.4. The number of pyridine rings is 1. The summed E-state index contributed by atoms with van der Waals surface area (Å²) in [6.07, 6.45) is 1.64. The lowest BCUT2D eigenvalue weighted by Gasteiger charge is -2.26. The molecule has 32 heavy (non-hydrogen) atoms. The van der Waals surface area contributed by atoms with Gasteiger partial charge in [-0.15, -0.1) is 0 Å². The van der Waals surface area contributed by atoms with Crippen molar-refractivity contribution in [2.24, 2.45) is 0 Å². The Hall–Kier alpha value is -3.62. The molecule has 0 spiro atoms. The van der Waals surface area contributed by atoms with E-state index in [0.29, 0.717) is 16.7 Å². The SMILES string of the molecule is CCC[C@H](OC(=O)[C@H](C)n1c(=O)oc2c(OC)ccnc2c1=O)[C@@H](C)Oc1ccccc1. The van der Waals surface area contributed by atoms with Gasteiger partial charge in [-0.3, -0.25) is 4.79 Å². The second kappa shape index (κ2) is 10.1. The molecule has 0 aliphatic heterocycles. The summed E-state index contributed by atoms with van der Waals surface area (Å²) in [6, 6.07) is 9.44. The molecule has 3 atom stereocenters. The van der Waals surface area contributed by atoms with Crippen LogP contribution < -0.4 is 20.8 Å². The van der Waals surface area contributed by atoms with Gasteiger partial charge in [-0.05, 0) is 32.4 Å². The number of para-hydroxylation sites is 1. The maximum Gasteiger partial charge on any atom is 0.423 e. The van der Waals surface area contributed by atoms with E-state index >= 15 is 0 Å². The number of carbonyl (C=O) groups excluding carboxylic acids is 1. The monoisotopic (exact) mass is 442 g/mol. The van der Waals surface area contributed by atoms with Gasteiger partial charge in [-0.1, -0.05) is 31.5 Å². The standard InChI is InChI=1S/C23H26N2O7/c1-5-9-17(15(3)30-16-10-7-6-8-11-16)31-22(27)14(2)25-21(26)19-20(32-23(25)28)18(29-4)12-13-24-19/h6-8,10-15,17H,5,9H2,1-4H3/t14-,15+,17-/m0/s1. The first-order valence-electron chi connectivity index (χ1n) is 10.4. The maximum absolute atomic E-state index is 12.9. The predicted molar refractivity (Wildman–Crippen MR) is 117 cm³/mol. The minimum Gasteiger partial charge on any atom is -0.493 e. The van der Waals surface area contributed by atoms with E-state index in [-0.39, 0.29) is 16.8 Å². The fourth-order valence-corrected chi connectivity index (χ4v) is 3.33. The van der Waals surface area contributed by atoms with E-state index in [9.17, 15) is 14.4 Å². The summed E-state index contributed by atoms with van der Waals surface area (Å²) in [5.41, 5.74) is -0.953. The van der Waals surface area contributed by atoms with Gasteiger partial charge in [0.2, 0.25) is 5.58 Å². The van der Waals surface area contributed by atoms with Crippen LogP contribution in [0, 0.1) is 0 Å². The van der Waals surface area contributed by atoms with Crippen molar-refractivity contribution in [2.45, 2.75) is 51.9 Å². The number of fused-ring (bicyclic) bond motifs is 1. The molecule has 3 aromatic rings. The summed E-state index contributed by atoms with van der Waals surface area (Å²) >= 11 is 0. The summed E-state index contributed by atoms with van der Waals surface area (Å²) in [7, 11) is 1.38. The molecule has 0 bridgehead atoms. The molecular weight excluding hydrogens is 416 g/mol. The van der Waals surface area contributed by atoms with Gasteiger partial charge < -0.3 is 18.6 Å². The molecule has 0 saturated heterocycles. The largest absolute Gasteiger partial charge is 0.493 e. The van der Waals surface area contributed by atoms with Crippen LogP contribution in [0.15, 0.2) is 56.6 Å². The minimum atomic E-state index is -1.22. The van der Waals surface area contributed by atoms with Gasteiger partial charge in [0.1, 0.15) is 24.0 Å². The molecule has 0 amide bonds. The molecule has 0 saturated carbocycles. The van der Waals surface area contributed by atoms with Crippen molar-refractivity contribution in [3.8, 4) is 11.5 Å². The smallest absolute Gasteiger partial charge is 0.423 e. The molecule has 0 radical (unpaired) electrons. The number of aromatic nitrogens is 2. The van der Waals surface area contributed by atoms with E-state index in [4.69, 9.17) is 18.6 Å². The number of nitrogens with zero attached hydrogens (tertiary/aromatic N) is 2. The molecular formula is C23H26N2O7. The first kappa shape index (κ1) is 23.1. The van der Waals surface area contributed by atoms with Crippen molar-refractivity contribution < 1.29 is 23.4 Å². The zero-order chi connectivity index (χ0) is 23.3. The quantitative estimate of drug-likeness (QED) is 0.465. The summed E-state index contributed by atoms with van der Waals surface area (Å²) in [4.78, 5) is 42.3. The number of ether oxygens (including phenoxy) is 3. The van der Waals surface area contributed by atoms with Crippen LogP contribution in [0.5, 0.6) is 11.5 Å². The number of methoxy groups -OCH3 is 1. The second-order valence-corrected chi connectivity index (χ2v) is 7.31. The molecule has 0 aliphatic carbocycles. The Kier molecular flexibility index (Phi) is 7.29. The van der Waals surface area contributed by atoms with E-state index in [1.807, 2.05) is 37.3 Å². The molecule has 170 valence electrons. The highest BCUT2D eigenvalue weighted by atomic mass is 16.6. The van der Waals surface area contributed by atoms with Crippen LogP contribution in [-0.4, -0.2) is 34.8 Å². The molecule has 9 heteroatoms. The van der Waals surface area contributed by atoms with Crippen molar-refractivity contribution in [1.29, 1.82) is 0 Å². The zero-order valence-corrected chi connectivity index (χ0v) is 18.4. The lowest BCUT2D eigenvalue weighted by atomic mass is 10.1. The van der Waals surface area contributed by atoms with Gasteiger partial charge in [-0.25, -0.2) is 19.1 Å². The topological polar surface area (TPSA) is 110 Å². The molecule has 2 heterocycles. The first-order chi connectivity index (χ1) is 15.4. The van der Waals surface area contributed by atoms with E-state index in [1.54, 1.807) is 6.92 Å². The van der Waals surface area contributed by atoms with Crippen LogP contribution >= 0.6 is 0 Å². The lowest BCUT2D eigenvalue weighted by Crippen LogP contribution is -2.41. The van der Waals surface area contributed by atoms with E-state index < -0.39 is 35.5 Å². The predicted octanol–water partition coefficient (Wildman–Crippen LogP) is 3.10. The Balaban J connectivity index is 1.85. The normalized spacial score (nSPS) is 13.9. The van der Waals surface area contributed by atoms with Crippen LogP contribution in [0.25, 0.3) is 11.1 Å². The third-order valence-corrected chi connectivity index (χ3v) is 5.05.